The first-order chi connectivity index (χ1) is 19.0. The Morgan fingerprint density at radius 1 is 0.795 bits per heavy atom. The summed E-state index contributed by atoms with van der Waals surface area (Å²) in [5.41, 5.74) is 6.46. The Hall–Kier alpha value is -4.49. The molecule has 0 amide bonds. The van der Waals surface area contributed by atoms with E-state index in [1.165, 1.54) is 5.56 Å². The van der Waals surface area contributed by atoms with Crippen molar-refractivity contribution in [3.8, 4) is 17.3 Å². The van der Waals surface area contributed by atoms with Crippen LogP contribution in [0.25, 0.3) is 5.82 Å². The maximum absolute atomic E-state index is 6.04. The highest BCUT2D eigenvalue weighted by Gasteiger charge is 2.42. The van der Waals surface area contributed by atoms with E-state index in [2.05, 4.69) is 65.9 Å². The lowest BCUT2D eigenvalue weighted by molar-refractivity contribution is 0.482. The first-order valence-corrected chi connectivity index (χ1v) is 13.4. The summed E-state index contributed by atoms with van der Waals surface area (Å²) in [6.07, 6.45) is 3.67. The largest absolute Gasteiger partial charge is 0.457 e. The van der Waals surface area contributed by atoms with Crippen LogP contribution < -0.4 is 15.0 Å². The van der Waals surface area contributed by atoms with E-state index >= 15 is 0 Å². The molecule has 2 aromatic carbocycles. The Kier molecular flexibility index (Phi) is 6.59. The van der Waals surface area contributed by atoms with Gasteiger partial charge in [0, 0.05) is 29.5 Å². The smallest absolute Gasteiger partial charge is 0.174 e. The van der Waals surface area contributed by atoms with Gasteiger partial charge in [0.2, 0.25) is 0 Å². The molecule has 3 aromatic heterocycles. The molecule has 2 atom stereocenters. The molecule has 0 saturated carbocycles. The van der Waals surface area contributed by atoms with Crippen LogP contribution in [0.1, 0.15) is 40.3 Å². The Labute approximate surface area is 233 Å². The van der Waals surface area contributed by atoms with Crippen LogP contribution in [0.4, 0.5) is 5.69 Å². The fourth-order valence-electron chi connectivity index (χ4n) is 5.37. The van der Waals surface area contributed by atoms with Crippen LogP contribution in [-0.4, -0.2) is 19.6 Å². The zero-order valence-electron chi connectivity index (χ0n) is 22.1. The second-order valence-corrected chi connectivity index (χ2v) is 10.1. The molecule has 194 valence electrons. The van der Waals surface area contributed by atoms with Gasteiger partial charge in [0.1, 0.15) is 17.3 Å². The van der Waals surface area contributed by atoms with Gasteiger partial charge in [-0.15, -0.1) is 0 Å². The molecule has 6 rings (SSSR count). The second kappa shape index (κ2) is 10.3. The van der Waals surface area contributed by atoms with E-state index in [4.69, 9.17) is 26.9 Å². The molecule has 4 heterocycles. The van der Waals surface area contributed by atoms with Gasteiger partial charge in [-0.3, -0.25) is 4.98 Å². The molecule has 1 aliphatic heterocycles. The van der Waals surface area contributed by atoms with Crippen LogP contribution >= 0.6 is 12.2 Å². The minimum absolute atomic E-state index is 0.114. The number of nitrogens with zero attached hydrogens (tertiary/aromatic N) is 4. The number of anilines is 1. The Balaban J connectivity index is 1.43. The van der Waals surface area contributed by atoms with Gasteiger partial charge in [-0.1, -0.05) is 30.3 Å². The van der Waals surface area contributed by atoms with E-state index < -0.39 is 0 Å². The Morgan fingerprint density at radius 3 is 2.23 bits per heavy atom. The summed E-state index contributed by atoms with van der Waals surface area (Å²) in [5, 5.41) is 4.23. The summed E-state index contributed by atoms with van der Waals surface area (Å²) < 4.78 is 8.27. The number of nitrogens with one attached hydrogen (secondary N) is 1. The third-order valence-electron chi connectivity index (χ3n) is 7.17. The predicted octanol–water partition coefficient (Wildman–Crippen LogP) is 7.16. The number of benzene rings is 2. The third kappa shape index (κ3) is 4.66. The van der Waals surface area contributed by atoms with E-state index in [1.54, 1.807) is 0 Å². The van der Waals surface area contributed by atoms with Crippen molar-refractivity contribution in [3.63, 3.8) is 0 Å². The summed E-state index contributed by atoms with van der Waals surface area (Å²) in [6.45, 7) is 6.37. The van der Waals surface area contributed by atoms with Crippen molar-refractivity contribution in [2.75, 3.05) is 4.90 Å². The van der Waals surface area contributed by atoms with Gasteiger partial charge >= 0.3 is 0 Å². The molecule has 1 saturated heterocycles. The Morgan fingerprint density at radius 2 is 1.51 bits per heavy atom. The number of rotatable bonds is 6. The van der Waals surface area contributed by atoms with Gasteiger partial charge in [0.05, 0.1) is 17.8 Å². The van der Waals surface area contributed by atoms with E-state index in [-0.39, 0.29) is 12.1 Å². The molecule has 5 aromatic rings. The average Bonchev–Trinajstić information content (AvgIpc) is 3.45. The zero-order valence-corrected chi connectivity index (χ0v) is 22.9. The van der Waals surface area contributed by atoms with E-state index in [1.807, 2.05) is 73.1 Å². The van der Waals surface area contributed by atoms with Crippen molar-refractivity contribution in [1.29, 1.82) is 0 Å². The number of hydrogen-bond donors (Lipinski definition) is 1. The number of aromatic nitrogens is 3. The van der Waals surface area contributed by atoms with Crippen LogP contribution in [0.3, 0.4) is 0 Å². The van der Waals surface area contributed by atoms with Crippen LogP contribution in [0.15, 0.2) is 103 Å². The minimum atomic E-state index is -0.127. The molecule has 1 fully saturated rings. The number of pyridine rings is 2. The molecule has 0 unspecified atom stereocenters. The first-order valence-electron chi connectivity index (χ1n) is 13.0. The molecular weight excluding hydrogens is 502 g/mol. The highest BCUT2D eigenvalue weighted by molar-refractivity contribution is 7.80. The fourth-order valence-corrected chi connectivity index (χ4v) is 5.72. The highest BCUT2D eigenvalue weighted by atomic mass is 32.1. The average molecular weight is 532 g/mol. The van der Waals surface area contributed by atoms with Crippen molar-refractivity contribution in [1.82, 2.24) is 19.9 Å². The molecule has 39 heavy (non-hydrogen) atoms. The fraction of sp³-hybridized carbons (Fsp3) is 0.156. The van der Waals surface area contributed by atoms with Crippen molar-refractivity contribution in [2.24, 2.45) is 0 Å². The molecule has 1 aliphatic rings. The second-order valence-electron chi connectivity index (χ2n) is 9.71. The van der Waals surface area contributed by atoms with Gasteiger partial charge in [-0.05, 0) is 105 Å². The van der Waals surface area contributed by atoms with Crippen LogP contribution in [0.2, 0.25) is 0 Å². The SMILES string of the molecule is Cc1cccnc1-n1c(C)cc([C@H]2[C@@H](c3ccccn3)NC(=S)N2c2ccc(Oc3ccccc3)cc2)c1C. The summed E-state index contributed by atoms with van der Waals surface area (Å²) in [5.74, 6) is 2.51. The zero-order chi connectivity index (χ0) is 26.9. The monoisotopic (exact) mass is 531 g/mol. The summed E-state index contributed by atoms with van der Waals surface area (Å²) >= 11 is 5.95. The van der Waals surface area contributed by atoms with Crippen molar-refractivity contribution < 1.29 is 4.74 Å². The lowest BCUT2D eigenvalue weighted by Crippen LogP contribution is -2.29. The number of hydrogen-bond acceptors (Lipinski definition) is 4. The molecule has 7 heteroatoms. The maximum atomic E-state index is 6.04. The molecular formula is C32H29N5OS. The number of thiocarbonyl (C=S) groups is 1. The standard InChI is InChI=1S/C32H29N5OS/c1-21-10-9-19-34-31(21)36-22(2)20-27(23(36)3)30-29(28-13-7-8-18-33-28)35-32(39)37(30)24-14-16-26(17-15-24)38-25-11-5-4-6-12-25/h4-20,29-30H,1-3H3,(H,35,39)/t29-,30+/m1/s1. The molecule has 0 bridgehead atoms. The van der Waals surface area contributed by atoms with E-state index in [9.17, 15) is 0 Å². The molecule has 0 spiro atoms. The van der Waals surface area contributed by atoms with Crippen LogP contribution in [-0.2, 0) is 0 Å². The van der Waals surface area contributed by atoms with Gasteiger partial charge in [0.15, 0.2) is 5.11 Å². The number of ether oxygens (including phenoxy) is 1. The van der Waals surface area contributed by atoms with Crippen molar-refractivity contribution in [2.45, 2.75) is 32.9 Å². The highest BCUT2D eigenvalue weighted by Crippen LogP contribution is 2.44. The van der Waals surface area contributed by atoms with Gasteiger partial charge in [-0.2, -0.15) is 0 Å². The van der Waals surface area contributed by atoms with Crippen molar-refractivity contribution >= 4 is 23.0 Å². The Bertz CT molecular complexity index is 1620. The first kappa shape index (κ1) is 24.8. The van der Waals surface area contributed by atoms with Crippen LogP contribution in [0.5, 0.6) is 11.5 Å². The van der Waals surface area contributed by atoms with Gasteiger partial charge < -0.3 is 19.5 Å². The maximum Gasteiger partial charge on any atom is 0.174 e. The van der Waals surface area contributed by atoms with Gasteiger partial charge in [-0.25, -0.2) is 4.98 Å². The summed E-state index contributed by atoms with van der Waals surface area (Å²) in [6, 6.07) is 29.9. The lowest BCUT2D eigenvalue weighted by Gasteiger charge is -2.28. The van der Waals surface area contributed by atoms with E-state index in [0.29, 0.717) is 5.11 Å². The normalized spacial score (nSPS) is 16.8. The quantitative estimate of drug-likeness (QED) is 0.235. The molecule has 1 N–H and O–H groups in total. The molecule has 6 nitrogen and oxygen atoms in total. The number of para-hydroxylation sites is 1. The predicted molar refractivity (Wildman–Crippen MR) is 159 cm³/mol. The van der Waals surface area contributed by atoms with E-state index in [0.717, 1.165) is 45.6 Å². The summed E-state index contributed by atoms with van der Waals surface area (Å²) in [4.78, 5) is 11.6. The number of aryl methyl sites for hydroxylation is 2. The lowest BCUT2D eigenvalue weighted by atomic mass is 9.96. The topological polar surface area (TPSA) is 55.2 Å². The van der Waals surface area contributed by atoms with Crippen LogP contribution in [0, 0.1) is 20.8 Å². The van der Waals surface area contributed by atoms with Crippen molar-refractivity contribution in [3.05, 3.63) is 132 Å². The summed E-state index contributed by atoms with van der Waals surface area (Å²) in [7, 11) is 0. The van der Waals surface area contributed by atoms with Gasteiger partial charge in [0.25, 0.3) is 0 Å². The third-order valence-corrected chi connectivity index (χ3v) is 7.49. The molecule has 0 radical (unpaired) electrons. The molecule has 0 aliphatic carbocycles. The minimum Gasteiger partial charge on any atom is -0.457 e.